The highest BCUT2D eigenvalue weighted by Gasteiger charge is 2.21. The van der Waals surface area contributed by atoms with Crippen LogP contribution in [-0.4, -0.2) is 36.0 Å². The maximum Gasteiger partial charge on any atom is 0.0630 e. The summed E-state index contributed by atoms with van der Waals surface area (Å²) >= 11 is 5.37. The van der Waals surface area contributed by atoms with Crippen molar-refractivity contribution in [2.75, 3.05) is 25.1 Å². The number of thiophene rings is 1. The summed E-state index contributed by atoms with van der Waals surface area (Å²) in [7, 11) is 0. The Hall–Kier alpha value is 0.100. The predicted octanol–water partition coefficient (Wildman–Crippen LogP) is 2.34. The van der Waals surface area contributed by atoms with Crippen molar-refractivity contribution in [3.05, 3.63) is 22.4 Å². The van der Waals surface area contributed by atoms with Crippen LogP contribution in [0.1, 0.15) is 4.88 Å². The van der Waals surface area contributed by atoms with Crippen LogP contribution in [0.15, 0.2) is 17.5 Å². The van der Waals surface area contributed by atoms with E-state index in [-0.39, 0.29) is 0 Å². The Labute approximate surface area is 97.0 Å². The van der Waals surface area contributed by atoms with Gasteiger partial charge in [-0.05, 0) is 11.4 Å². The third-order valence-electron chi connectivity index (χ3n) is 2.47. The monoisotopic (exact) mass is 275 g/mol. The van der Waals surface area contributed by atoms with Gasteiger partial charge in [0.1, 0.15) is 0 Å². The molecular formula is C10H14BrNOS. The molecule has 0 spiro atoms. The second kappa shape index (κ2) is 5.26. The Kier molecular flexibility index (Phi) is 3.99. The zero-order chi connectivity index (χ0) is 9.80. The van der Waals surface area contributed by atoms with E-state index in [1.807, 2.05) is 11.3 Å². The van der Waals surface area contributed by atoms with Crippen molar-refractivity contribution in [1.82, 2.24) is 4.90 Å². The average molecular weight is 276 g/mol. The summed E-state index contributed by atoms with van der Waals surface area (Å²) in [6, 6.07) is 4.85. The van der Waals surface area contributed by atoms with Crippen LogP contribution >= 0.6 is 27.3 Å². The van der Waals surface area contributed by atoms with Crippen molar-refractivity contribution in [2.24, 2.45) is 0 Å². The minimum Gasteiger partial charge on any atom is -0.378 e. The summed E-state index contributed by atoms with van der Waals surface area (Å²) in [5.74, 6) is 0. The molecule has 2 heterocycles. The smallest absolute Gasteiger partial charge is 0.0630 e. The Morgan fingerprint density at radius 3 is 3.29 bits per heavy atom. The van der Waals surface area contributed by atoms with Gasteiger partial charge in [0.25, 0.3) is 0 Å². The summed E-state index contributed by atoms with van der Waals surface area (Å²) in [4.78, 5) is 3.93. The molecule has 1 fully saturated rings. The van der Waals surface area contributed by atoms with Crippen LogP contribution < -0.4 is 0 Å². The van der Waals surface area contributed by atoms with E-state index in [2.05, 4.69) is 38.3 Å². The molecule has 0 amide bonds. The zero-order valence-electron chi connectivity index (χ0n) is 7.99. The number of halogens is 1. The van der Waals surface area contributed by atoms with Crippen molar-refractivity contribution >= 4 is 27.3 Å². The molecule has 14 heavy (non-hydrogen) atoms. The van der Waals surface area contributed by atoms with Gasteiger partial charge in [-0.3, -0.25) is 4.90 Å². The van der Waals surface area contributed by atoms with E-state index < -0.39 is 0 Å². The van der Waals surface area contributed by atoms with Gasteiger partial charge in [0, 0.05) is 29.3 Å². The van der Waals surface area contributed by atoms with Gasteiger partial charge < -0.3 is 4.74 Å². The third-order valence-corrected chi connectivity index (χ3v) is 4.08. The zero-order valence-corrected chi connectivity index (χ0v) is 10.4. The quantitative estimate of drug-likeness (QED) is 0.786. The summed E-state index contributed by atoms with van der Waals surface area (Å²) in [6.07, 6.45) is 0. The molecule has 1 aliphatic heterocycles. The van der Waals surface area contributed by atoms with Gasteiger partial charge in [-0.1, -0.05) is 22.0 Å². The van der Waals surface area contributed by atoms with E-state index in [4.69, 9.17) is 4.74 Å². The minimum atomic E-state index is 0.533. The van der Waals surface area contributed by atoms with Crippen molar-refractivity contribution in [3.63, 3.8) is 0 Å². The van der Waals surface area contributed by atoms with E-state index in [1.54, 1.807) is 0 Å². The van der Waals surface area contributed by atoms with Crippen LogP contribution in [0, 0.1) is 0 Å². The average Bonchev–Trinajstić information content (AvgIpc) is 2.71. The first-order chi connectivity index (χ1) is 6.90. The normalized spacial score (nSPS) is 23.9. The Bertz CT molecular complexity index is 265. The topological polar surface area (TPSA) is 12.5 Å². The van der Waals surface area contributed by atoms with Gasteiger partial charge in [-0.25, -0.2) is 0 Å². The Morgan fingerprint density at radius 2 is 2.57 bits per heavy atom. The molecule has 1 aliphatic rings. The lowest BCUT2D eigenvalue weighted by Gasteiger charge is -2.34. The number of alkyl halides is 1. The lowest BCUT2D eigenvalue weighted by molar-refractivity contribution is -0.00166. The maximum atomic E-state index is 5.45. The van der Waals surface area contributed by atoms with E-state index in [0.29, 0.717) is 6.04 Å². The summed E-state index contributed by atoms with van der Waals surface area (Å²) in [6.45, 7) is 3.84. The first-order valence-corrected chi connectivity index (χ1v) is 6.80. The van der Waals surface area contributed by atoms with Crippen LogP contribution in [0.4, 0.5) is 0 Å². The largest absolute Gasteiger partial charge is 0.378 e. The van der Waals surface area contributed by atoms with E-state index in [9.17, 15) is 0 Å². The van der Waals surface area contributed by atoms with Gasteiger partial charge in [0.05, 0.1) is 13.2 Å². The molecule has 2 nitrogen and oxygen atoms in total. The van der Waals surface area contributed by atoms with Gasteiger partial charge in [-0.2, -0.15) is 0 Å². The summed E-state index contributed by atoms with van der Waals surface area (Å²) in [5.41, 5.74) is 0. The summed E-state index contributed by atoms with van der Waals surface area (Å²) in [5, 5.41) is 3.14. The van der Waals surface area contributed by atoms with Gasteiger partial charge in [0.15, 0.2) is 0 Å². The van der Waals surface area contributed by atoms with Crippen LogP contribution in [-0.2, 0) is 11.3 Å². The van der Waals surface area contributed by atoms with Crippen molar-refractivity contribution in [3.8, 4) is 0 Å². The number of hydrogen-bond acceptors (Lipinski definition) is 3. The summed E-state index contributed by atoms with van der Waals surface area (Å²) < 4.78 is 5.45. The molecule has 0 aliphatic carbocycles. The molecule has 0 radical (unpaired) electrons. The van der Waals surface area contributed by atoms with Crippen molar-refractivity contribution in [1.29, 1.82) is 0 Å². The highest BCUT2D eigenvalue weighted by Crippen LogP contribution is 2.17. The number of rotatable bonds is 3. The fourth-order valence-electron chi connectivity index (χ4n) is 1.64. The molecule has 1 aromatic heterocycles. The van der Waals surface area contributed by atoms with Gasteiger partial charge in [0.2, 0.25) is 0 Å². The number of ether oxygens (including phenoxy) is 1. The van der Waals surface area contributed by atoms with Gasteiger partial charge >= 0.3 is 0 Å². The molecular weight excluding hydrogens is 262 g/mol. The highest BCUT2D eigenvalue weighted by molar-refractivity contribution is 9.09. The van der Waals surface area contributed by atoms with Crippen molar-refractivity contribution < 1.29 is 4.74 Å². The Morgan fingerprint density at radius 1 is 1.64 bits per heavy atom. The first kappa shape index (κ1) is 10.6. The van der Waals surface area contributed by atoms with E-state index in [0.717, 1.165) is 31.6 Å². The molecule has 0 saturated carbocycles. The van der Waals surface area contributed by atoms with E-state index in [1.165, 1.54) is 4.88 Å². The van der Waals surface area contributed by atoms with Crippen LogP contribution in [0.25, 0.3) is 0 Å². The molecule has 1 atom stereocenters. The molecule has 0 N–H and O–H groups in total. The molecule has 1 saturated heterocycles. The van der Waals surface area contributed by atoms with Crippen molar-refractivity contribution in [2.45, 2.75) is 12.6 Å². The van der Waals surface area contributed by atoms with E-state index >= 15 is 0 Å². The lowest BCUT2D eigenvalue weighted by atomic mass is 10.2. The number of hydrogen-bond donors (Lipinski definition) is 0. The first-order valence-electron chi connectivity index (χ1n) is 4.80. The second-order valence-electron chi connectivity index (χ2n) is 3.43. The number of nitrogens with zero attached hydrogens (tertiary/aromatic N) is 1. The fourth-order valence-corrected chi connectivity index (χ4v) is 2.97. The molecule has 0 bridgehead atoms. The second-order valence-corrected chi connectivity index (χ2v) is 5.11. The Balaban J connectivity index is 1.94. The maximum absolute atomic E-state index is 5.45. The third kappa shape index (κ3) is 2.57. The predicted molar refractivity (Wildman–Crippen MR) is 63.1 cm³/mol. The SMILES string of the molecule is BrCC1COCCN1Cc1cccs1. The molecule has 0 aromatic carbocycles. The van der Waals surface area contributed by atoms with Gasteiger partial charge in [-0.15, -0.1) is 11.3 Å². The molecule has 4 heteroatoms. The van der Waals surface area contributed by atoms with Crippen LogP contribution in [0.3, 0.4) is 0 Å². The standard InChI is InChI=1S/C10H14BrNOS/c11-6-9-8-13-4-3-12(9)7-10-2-1-5-14-10/h1-2,5,9H,3-4,6-8H2. The molecule has 1 unspecified atom stereocenters. The molecule has 2 rings (SSSR count). The lowest BCUT2D eigenvalue weighted by Crippen LogP contribution is -2.45. The van der Waals surface area contributed by atoms with Crippen LogP contribution in [0.2, 0.25) is 0 Å². The fraction of sp³-hybridized carbons (Fsp3) is 0.600. The molecule has 78 valence electrons. The van der Waals surface area contributed by atoms with Crippen LogP contribution in [0.5, 0.6) is 0 Å². The molecule has 1 aromatic rings. The number of morpholine rings is 1. The minimum absolute atomic E-state index is 0.533. The highest BCUT2D eigenvalue weighted by atomic mass is 79.9.